The van der Waals surface area contributed by atoms with Crippen LogP contribution in [0, 0.1) is 0 Å². The van der Waals surface area contributed by atoms with Gasteiger partial charge in [-0.15, -0.1) is 0 Å². The largest absolute Gasteiger partial charge is 0.720 e. The lowest BCUT2D eigenvalue weighted by atomic mass is 10.0. The van der Waals surface area contributed by atoms with Crippen molar-refractivity contribution in [2.75, 3.05) is 13.2 Å². The predicted molar refractivity (Wildman–Crippen MR) is 51.7 cm³/mol. The van der Waals surface area contributed by atoms with Gasteiger partial charge in [0, 0.05) is 9.60 Å². The zero-order valence-corrected chi connectivity index (χ0v) is 9.46. The van der Waals surface area contributed by atoms with E-state index < -0.39 is 45.5 Å². The molecule has 0 bridgehead atoms. The Bertz CT molecular complexity index is 264. The van der Waals surface area contributed by atoms with Crippen molar-refractivity contribution in [1.29, 1.82) is 0 Å². The molecule has 0 aliphatic carbocycles. The van der Waals surface area contributed by atoms with E-state index in [0.29, 0.717) is 0 Å². The molecule has 0 amide bonds. The maximum atomic E-state index is 9.25. The Morgan fingerprint density at radius 1 is 1.00 bits per heavy atom. The van der Waals surface area contributed by atoms with Gasteiger partial charge in [-0.1, -0.05) is 0 Å². The van der Waals surface area contributed by atoms with E-state index in [4.69, 9.17) is 25.3 Å². The average Bonchev–Trinajstić information content (AvgIpc) is 2.33. The topological polar surface area (TPSA) is 182 Å². The highest BCUT2D eigenvalue weighted by atomic mass is 31.2. The van der Waals surface area contributed by atoms with Gasteiger partial charge in [0.2, 0.25) is 0 Å². The van der Waals surface area contributed by atoms with Gasteiger partial charge >= 0.3 is 7.82 Å². The molecule has 0 fully saturated rings. The van der Waals surface area contributed by atoms with E-state index in [2.05, 4.69) is 8.87 Å². The number of rotatable bonds is 7. The molecule has 0 spiro atoms. The fraction of sp³-hybridized carbons (Fsp3) is 1.00. The molecule has 0 heterocycles. The van der Waals surface area contributed by atoms with E-state index in [-0.39, 0.29) is 0 Å². The molecular weight excluding hydrogens is 263 g/mol. The molecule has 4 atom stereocenters. The van der Waals surface area contributed by atoms with Crippen LogP contribution in [0.4, 0.5) is 0 Å². The van der Waals surface area contributed by atoms with Crippen molar-refractivity contribution in [2.24, 2.45) is 0 Å². The summed E-state index contributed by atoms with van der Waals surface area (Å²) in [6.07, 6.45) is -7.26. The highest BCUT2D eigenvalue weighted by Gasteiger charge is 2.36. The molecule has 0 aliphatic heterocycles. The van der Waals surface area contributed by atoms with E-state index >= 15 is 0 Å². The van der Waals surface area contributed by atoms with E-state index in [1.807, 2.05) is 0 Å². The molecule has 0 aliphatic rings. The van der Waals surface area contributed by atoms with E-state index in [1.165, 1.54) is 0 Å². The maximum Gasteiger partial charge on any atom is 0.720 e. The number of hydrogen-bond acceptors (Lipinski definition) is 6. The van der Waals surface area contributed by atoms with E-state index in [1.54, 1.807) is 0 Å². The molecule has 0 unspecified atom stereocenters. The first-order chi connectivity index (χ1) is 7.75. The summed E-state index contributed by atoms with van der Waals surface area (Å²) < 4.78 is 7.26. The van der Waals surface area contributed by atoms with Gasteiger partial charge in [-0.05, 0) is 0 Å². The van der Waals surface area contributed by atoms with E-state index in [0.717, 1.165) is 0 Å². The van der Waals surface area contributed by atoms with Gasteiger partial charge in [0.25, 0.3) is 0 Å². The van der Waals surface area contributed by atoms with Gasteiger partial charge < -0.3 is 25.5 Å². The summed E-state index contributed by atoms with van der Waals surface area (Å²) in [4.78, 5) is 17.4. The Labute approximate surface area is 95.8 Å². The van der Waals surface area contributed by atoms with Crippen molar-refractivity contribution in [1.82, 2.24) is 0 Å². The van der Waals surface area contributed by atoms with Crippen LogP contribution in [0.1, 0.15) is 0 Å². The van der Waals surface area contributed by atoms with Crippen molar-refractivity contribution in [3.8, 4) is 0 Å². The van der Waals surface area contributed by atoms with Gasteiger partial charge in [-0.25, -0.2) is 4.52 Å². The third-order valence-electron chi connectivity index (χ3n) is 1.85. The third kappa shape index (κ3) is 5.84. The quantitative estimate of drug-likeness (QED) is 0.102. The molecule has 0 aromatic carbocycles. The predicted octanol–water partition coefficient (Wildman–Crippen LogP) is -3.46. The molecule has 0 aromatic rings. The molecule has 0 saturated carbocycles. The summed E-state index contributed by atoms with van der Waals surface area (Å²) in [5.74, 6) is 0. The summed E-state index contributed by atoms with van der Waals surface area (Å²) in [7, 11) is -4.49. The lowest BCUT2D eigenvalue weighted by Gasteiger charge is -2.24. The minimum atomic E-state index is -4.49. The van der Waals surface area contributed by atoms with Crippen LogP contribution in [-0.2, 0) is 8.87 Å². The van der Waals surface area contributed by atoms with Crippen LogP contribution in [0.2, 0.25) is 0 Å². The monoisotopic (exact) mass is 279 g/mol. The lowest BCUT2D eigenvalue weighted by Crippen LogP contribution is -2.47. The van der Waals surface area contributed by atoms with Crippen molar-refractivity contribution < 1.29 is 49.4 Å². The number of aliphatic hydroxyl groups excluding tert-OH is 5. The standard InChI is InChI=1S/C6H16O10P/c7-1-3(8)5(10)6(11)4(9)2-15-17(13,14)16-12/h3-14H,1-2H2/q+1/t3-,4+,5+,6+/m0/s1. The first kappa shape index (κ1) is 16.9. The molecule has 0 saturated heterocycles. The Morgan fingerprint density at radius 2 is 1.47 bits per heavy atom. The Kier molecular flexibility index (Phi) is 7.28. The zero-order valence-electron chi connectivity index (χ0n) is 8.57. The highest BCUT2D eigenvalue weighted by molar-refractivity contribution is 7.46. The highest BCUT2D eigenvalue weighted by Crippen LogP contribution is 2.37. The second kappa shape index (κ2) is 7.34. The molecule has 104 valence electrons. The van der Waals surface area contributed by atoms with Crippen molar-refractivity contribution >= 4 is 7.82 Å². The summed E-state index contributed by atoms with van der Waals surface area (Å²) in [6.45, 7) is -1.74. The molecule has 10 nitrogen and oxygen atoms in total. The fourth-order valence-electron chi connectivity index (χ4n) is 0.859. The van der Waals surface area contributed by atoms with Gasteiger partial charge in [0.1, 0.15) is 24.4 Å². The minimum Gasteiger partial charge on any atom is -0.394 e. The van der Waals surface area contributed by atoms with Gasteiger partial charge in [-0.3, -0.25) is 9.79 Å². The van der Waals surface area contributed by atoms with Gasteiger partial charge in [0.05, 0.1) is 13.2 Å². The number of aliphatic hydroxyl groups is 5. The van der Waals surface area contributed by atoms with Crippen LogP contribution < -0.4 is 0 Å². The molecular formula is C6H16O10P+. The zero-order chi connectivity index (χ0) is 13.6. The molecule has 0 rings (SSSR count). The molecule has 0 radical (unpaired) electrons. The summed E-state index contributed by atoms with van der Waals surface area (Å²) in [5, 5.41) is 53.0. The maximum absolute atomic E-state index is 9.25. The lowest BCUT2D eigenvalue weighted by molar-refractivity contribution is -0.309. The van der Waals surface area contributed by atoms with Gasteiger partial charge in [-0.2, -0.15) is 0 Å². The summed E-state index contributed by atoms with van der Waals surface area (Å²) in [5.41, 5.74) is 0. The molecule has 17 heavy (non-hydrogen) atoms. The first-order valence-corrected chi connectivity index (χ1v) is 5.93. The van der Waals surface area contributed by atoms with Crippen LogP contribution in [0.25, 0.3) is 0 Å². The normalized spacial score (nSPS) is 19.5. The Morgan fingerprint density at radius 3 is 1.88 bits per heavy atom. The van der Waals surface area contributed by atoms with Crippen LogP contribution in [0.15, 0.2) is 0 Å². The van der Waals surface area contributed by atoms with Crippen LogP contribution in [0.5, 0.6) is 0 Å². The summed E-state index contributed by atoms with van der Waals surface area (Å²) in [6, 6.07) is 0. The van der Waals surface area contributed by atoms with Crippen molar-refractivity contribution in [2.45, 2.75) is 24.4 Å². The molecule has 8 N–H and O–H groups in total. The Balaban J connectivity index is 4.28. The minimum absolute atomic E-state index is 0.845. The van der Waals surface area contributed by atoms with Crippen molar-refractivity contribution in [3.63, 3.8) is 0 Å². The Hall–Kier alpha value is -0.130. The van der Waals surface area contributed by atoms with Crippen LogP contribution in [-0.4, -0.2) is 78.2 Å². The summed E-state index contributed by atoms with van der Waals surface area (Å²) >= 11 is 0. The molecule has 11 heteroatoms. The molecule has 0 aromatic heterocycles. The average molecular weight is 279 g/mol. The second-order valence-electron chi connectivity index (χ2n) is 3.17. The van der Waals surface area contributed by atoms with Crippen molar-refractivity contribution in [3.05, 3.63) is 0 Å². The SMILES string of the molecule is OC[C@H](O)[C@@H](O)[C@H](O)[C@H](O)COP(O)(O)=[O+]O. The van der Waals surface area contributed by atoms with Gasteiger partial charge in [0.15, 0.2) is 0 Å². The van der Waals surface area contributed by atoms with Crippen LogP contribution >= 0.6 is 7.82 Å². The smallest absolute Gasteiger partial charge is 0.394 e. The van der Waals surface area contributed by atoms with Crippen LogP contribution in [0.3, 0.4) is 0 Å². The first-order valence-electron chi connectivity index (χ1n) is 4.40. The second-order valence-corrected chi connectivity index (χ2v) is 4.57. The fourth-order valence-corrected chi connectivity index (χ4v) is 1.25. The number of hydrogen-bond donors (Lipinski definition) is 8. The van der Waals surface area contributed by atoms with E-state index in [9.17, 15) is 15.3 Å². The third-order valence-corrected chi connectivity index (χ3v) is 2.54.